The number of hydrogen-bond donors (Lipinski definition) is 2. The highest BCUT2D eigenvalue weighted by molar-refractivity contribution is 5.79. The molecule has 0 saturated carbocycles. The van der Waals surface area contributed by atoms with E-state index < -0.39 is 0 Å². The molecular weight excluding hydrogens is 348 g/mol. The monoisotopic (exact) mass is 384 g/mol. The first-order valence-electron chi connectivity index (χ1n) is 10.5. The molecule has 0 spiro atoms. The maximum absolute atomic E-state index is 4.83. The number of nitrogens with one attached hydrogen (secondary N) is 2. The van der Waals surface area contributed by atoms with Crippen LogP contribution in [0.4, 0.5) is 0 Å². The third-order valence-corrected chi connectivity index (χ3v) is 4.83. The lowest BCUT2D eigenvalue weighted by molar-refractivity contribution is 0.337. The van der Waals surface area contributed by atoms with E-state index in [0.717, 1.165) is 57.2 Å². The summed E-state index contributed by atoms with van der Waals surface area (Å²) in [6.07, 6.45) is 6.16. The Hall–Kier alpha value is -2.37. The Bertz CT molecular complexity index is 705. The molecule has 154 valence electrons. The van der Waals surface area contributed by atoms with E-state index in [-0.39, 0.29) is 5.41 Å². The molecule has 6 heteroatoms. The molecule has 28 heavy (non-hydrogen) atoms. The number of rotatable bonds is 11. The molecule has 0 radical (unpaired) electrons. The van der Waals surface area contributed by atoms with Crippen molar-refractivity contribution in [2.24, 2.45) is 10.4 Å². The van der Waals surface area contributed by atoms with Gasteiger partial charge in [-0.25, -0.2) is 0 Å². The lowest BCUT2D eigenvalue weighted by atomic mass is 9.86. The van der Waals surface area contributed by atoms with Gasteiger partial charge in [-0.1, -0.05) is 51.1 Å². The minimum absolute atomic E-state index is 0.181. The summed E-state index contributed by atoms with van der Waals surface area (Å²) in [7, 11) is 0. The molecule has 0 saturated heterocycles. The quantitative estimate of drug-likeness (QED) is 0.460. The van der Waals surface area contributed by atoms with Crippen molar-refractivity contribution >= 4 is 5.96 Å². The van der Waals surface area contributed by atoms with Gasteiger partial charge < -0.3 is 15.2 Å². The number of aryl methyl sites for hydroxylation is 2. The molecule has 0 amide bonds. The molecule has 2 aromatic rings. The second-order valence-electron chi connectivity index (χ2n) is 7.92. The van der Waals surface area contributed by atoms with E-state index in [9.17, 15) is 0 Å². The van der Waals surface area contributed by atoms with Gasteiger partial charge in [0.15, 0.2) is 5.96 Å². The second-order valence-corrected chi connectivity index (χ2v) is 7.92. The first-order chi connectivity index (χ1) is 13.5. The molecule has 0 atom stereocenters. The minimum atomic E-state index is 0.181. The number of guanidine groups is 1. The first kappa shape index (κ1) is 21.9. The van der Waals surface area contributed by atoms with E-state index in [0.29, 0.717) is 0 Å². The average Bonchev–Trinajstić information content (AvgIpc) is 3.14. The standard InChI is InChI=1S/C22H36N6/c1-5-20-27-26-18-28(20)16-15-24-21(23-6-2)25-17-22(3,4)14-10-13-19-11-8-7-9-12-19/h7-9,11-12,18H,5-6,10,13-17H2,1-4H3,(H2,23,24,25). The largest absolute Gasteiger partial charge is 0.357 e. The van der Waals surface area contributed by atoms with Crippen LogP contribution in [-0.2, 0) is 19.4 Å². The molecular formula is C22H36N6. The van der Waals surface area contributed by atoms with E-state index in [4.69, 9.17) is 4.99 Å². The minimum Gasteiger partial charge on any atom is -0.357 e. The van der Waals surface area contributed by atoms with Gasteiger partial charge in [-0.15, -0.1) is 10.2 Å². The van der Waals surface area contributed by atoms with Gasteiger partial charge >= 0.3 is 0 Å². The summed E-state index contributed by atoms with van der Waals surface area (Å²) in [6, 6.07) is 10.7. The molecule has 1 aromatic carbocycles. The van der Waals surface area contributed by atoms with Crippen molar-refractivity contribution < 1.29 is 0 Å². The molecule has 1 aromatic heterocycles. The summed E-state index contributed by atoms with van der Waals surface area (Å²) in [6.45, 7) is 12.1. The maximum Gasteiger partial charge on any atom is 0.191 e. The third kappa shape index (κ3) is 7.71. The zero-order chi connectivity index (χ0) is 20.2. The Kier molecular flexibility index (Phi) is 8.98. The van der Waals surface area contributed by atoms with Gasteiger partial charge in [0.25, 0.3) is 0 Å². The molecule has 0 fully saturated rings. The fourth-order valence-electron chi connectivity index (χ4n) is 3.16. The van der Waals surface area contributed by atoms with Crippen LogP contribution in [0.2, 0.25) is 0 Å². The second kappa shape index (κ2) is 11.5. The molecule has 0 unspecified atom stereocenters. The van der Waals surface area contributed by atoms with Crippen molar-refractivity contribution in [1.29, 1.82) is 0 Å². The van der Waals surface area contributed by atoms with E-state index in [1.54, 1.807) is 6.33 Å². The molecule has 0 aliphatic rings. The van der Waals surface area contributed by atoms with Gasteiger partial charge in [-0.3, -0.25) is 4.99 Å². The van der Waals surface area contributed by atoms with Crippen molar-refractivity contribution in [1.82, 2.24) is 25.4 Å². The van der Waals surface area contributed by atoms with Crippen LogP contribution in [-0.4, -0.2) is 40.4 Å². The highest BCUT2D eigenvalue weighted by Gasteiger charge is 2.17. The molecule has 0 bridgehead atoms. The topological polar surface area (TPSA) is 67.1 Å². The summed E-state index contributed by atoms with van der Waals surface area (Å²) < 4.78 is 2.09. The highest BCUT2D eigenvalue weighted by atomic mass is 15.3. The Morgan fingerprint density at radius 1 is 1.14 bits per heavy atom. The van der Waals surface area contributed by atoms with Crippen molar-refractivity contribution in [3.8, 4) is 0 Å². The van der Waals surface area contributed by atoms with Crippen molar-refractivity contribution in [2.75, 3.05) is 19.6 Å². The predicted molar refractivity (Wildman–Crippen MR) is 117 cm³/mol. The van der Waals surface area contributed by atoms with Gasteiger partial charge in [0.05, 0.1) is 0 Å². The maximum atomic E-state index is 4.83. The van der Waals surface area contributed by atoms with Gasteiger partial charge in [-0.2, -0.15) is 0 Å². The number of benzene rings is 1. The molecule has 1 heterocycles. The van der Waals surface area contributed by atoms with Crippen LogP contribution in [0, 0.1) is 5.41 Å². The molecule has 2 rings (SSSR count). The number of nitrogens with zero attached hydrogens (tertiary/aromatic N) is 4. The Labute approximate surface area is 169 Å². The highest BCUT2D eigenvalue weighted by Crippen LogP contribution is 2.23. The van der Waals surface area contributed by atoms with Crippen molar-refractivity contribution in [2.45, 2.75) is 59.9 Å². The lowest BCUT2D eigenvalue weighted by Crippen LogP contribution is -2.39. The number of aliphatic imine (C=N–C) groups is 1. The van der Waals surface area contributed by atoms with E-state index in [1.165, 1.54) is 12.0 Å². The Morgan fingerprint density at radius 2 is 1.93 bits per heavy atom. The Balaban J connectivity index is 1.79. The van der Waals surface area contributed by atoms with Crippen LogP contribution in [0.5, 0.6) is 0 Å². The summed E-state index contributed by atoms with van der Waals surface area (Å²) in [4.78, 5) is 4.83. The van der Waals surface area contributed by atoms with Crippen molar-refractivity contribution in [3.05, 3.63) is 48.0 Å². The summed E-state index contributed by atoms with van der Waals surface area (Å²) in [5, 5.41) is 14.9. The lowest BCUT2D eigenvalue weighted by Gasteiger charge is -2.23. The number of aromatic nitrogens is 3. The van der Waals surface area contributed by atoms with Gasteiger partial charge in [0.1, 0.15) is 12.2 Å². The summed E-state index contributed by atoms with van der Waals surface area (Å²) >= 11 is 0. The van der Waals surface area contributed by atoms with Crippen LogP contribution < -0.4 is 10.6 Å². The van der Waals surface area contributed by atoms with E-state index in [1.807, 2.05) is 0 Å². The zero-order valence-corrected chi connectivity index (χ0v) is 17.9. The Morgan fingerprint density at radius 3 is 2.64 bits per heavy atom. The smallest absolute Gasteiger partial charge is 0.191 e. The van der Waals surface area contributed by atoms with Gasteiger partial charge in [0, 0.05) is 32.6 Å². The molecule has 6 nitrogen and oxygen atoms in total. The molecule has 0 aliphatic carbocycles. The van der Waals surface area contributed by atoms with Gasteiger partial charge in [-0.05, 0) is 37.2 Å². The summed E-state index contributed by atoms with van der Waals surface area (Å²) in [5.74, 6) is 1.90. The van der Waals surface area contributed by atoms with Crippen LogP contribution in [0.1, 0.15) is 51.9 Å². The third-order valence-electron chi connectivity index (χ3n) is 4.83. The average molecular weight is 385 g/mol. The molecule has 0 aliphatic heterocycles. The zero-order valence-electron chi connectivity index (χ0n) is 17.9. The van der Waals surface area contributed by atoms with Crippen LogP contribution >= 0.6 is 0 Å². The number of hydrogen-bond acceptors (Lipinski definition) is 3. The SMILES string of the molecule is CCNC(=NCC(C)(C)CCCc1ccccc1)NCCn1cnnc1CC. The van der Waals surface area contributed by atoms with Crippen LogP contribution in [0.15, 0.2) is 41.7 Å². The van der Waals surface area contributed by atoms with E-state index >= 15 is 0 Å². The summed E-state index contributed by atoms with van der Waals surface area (Å²) in [5.41, 5.74) is 1.60. The van der Waals surface area contributed by atoms with Crippen LogP contribution in [0.3, 0.4) is 0 Å². The van der Waals surface area contributed by atoms with Gasteiger partial charge in [0.2, 0.25) is 0 Å². The van der Waals surface area contributed by atoms with Crippen molar-refractivity contribution in [3.63, 3.8) is 0 Å². The normalized spacial score (nSPS) is 12.2. The fraction of sp³-hybridized carbons (Fsp3) is 0.591. The predicted octanol–water partition coefficient (Wildman–Crippen LogP) is 3.44. The fourth-order valence-corrected chi connectivity index (χ4v) is 3.16. The van der Waals surface area contributed by atoms with Crippen LogP contribution in [0.25, 0.3) is 0 Å². The first-order valence-corrected chi connectivity index (χ1v) is 10.5. The van der Waals surface area contributed by atoms with E-state index in [2.05, 4.69) is 83.4 Å². The molecule has 2 N–H and O–H groups in total.